The van der Waals surface area contributed by atoms with Crippen LogP contribution in [0.5, 0.6) is 0 Å². The van der Waals surface area contributed by atoms with Crippen LogP contribution in [0.15, 0.2) is 12.4 Å². The number of aryl methyl sites for hydroxylation is 2. The Bertz CT molecular complexity index is 391. The van der Waals surface area contributed by atoms with E-state index in [0.717, 1.165) is 38.2 Å². The lowest BCUT2D eigenvalue weighted by Gasteiger charge is -2.24. The van der Waals surface area contributed by atoms with Crippen LogP contribution in [0.4, 0.5) is 0 Å². The van der Waals surface area contributed by atoms with Gasteiger partial charge in [0, 0.05) is 44.2 Å². The number of hydrogen-bond donors (Lipinski definition) is 1. The number of aromatic nitrogens is 2. The Morgan fingerprint density at radius 2 is 2.47 bits per heavy atom. The number of ketones is 1. The SMILES string of the molecule is CCC1(C(=O)CCc2nccn2C)CCNC1. The van der Waals surface area contributed by atoms with Gasteiger partial charge in [0.25, 0.3) is 0 Å². The van der Waals surface area contributed by atoms with Crippen LogP contribution in [0.1, 0.15) is 32.0 Å². The van der Waals surface area contributed by atoms with Crippen molar-refractivity contribution in [2.24, 2.45) is 12.5 Å². The van der Waals surface area contributed by atoms with Crippen molar-refractivity contribution in [1.82, 2.24) is 14.9 Å². The molecule has 0 amide bonds. The smallest absolute Gasteiger partial charge is 0.140 e. The number of hydrogen-bond acceptors (Lipinski definition) is 3. The predicted octanol–water partition coefficient (Wildman–Crippen LogP) is 1.31. The van der Waals surface area contributed by atoms with Crippen molar-refractivity contribution < 1.29 is 4.79 Å². The molecule has 0 radical (unpaired) electrons. The Kier molecular flexibility index (Phi) is 3.62. The molecule has 1 aliphatic rings. The molecule has 94 valence electrons. The van der Waals surface area contributed by atoms with Crippen molar-refractivity contribution in [3.8, 4) is 0 Å². The summed E-state index contributed by atoms with van der Waals surface area (Å²) < 4.78 is 1.98. The van der Waals surface area contributed by atoms with Crippen LogP contribution in [0.25, 0.3) is 0 Å². The Morgan fingerprint density at radius 1 is 1.65 bits per heavy atom. The van der Waals surface area contributed by atoms with E-state index in [1.54, 1.807) is 6.20 Å². The molecule has 4 nitrogen and oxygen atoms in total. The number of carbonyl (C=O) groups excluding carboxylic acids is 1. The molecular weight excluding hydrogens is 214 g/mol. The van der Waals surface area contributed by atoms with Gasteiger partial charge in [-0.3, -0.25) is 4.79 Å². The lowest BCUT2D eigenvalue weighted by atomic mass is 9.78. The average molecular weight is 235 g/mol. The van der Waals surface area contributed by atoms with Crippen LogP contribution in [-0.4, -0.2) is 28.4 Å². The van der Waals surface area contributed by atoms with Crippen LogP contribution < -0.4 is 5.32 Å². The highest BCUT2D eigenvalue weighted by atomic mass is 16.1. The zero-order chi connectivity index (χ0) is 12.3. The third-order valence-corrected chi connectivity index (χ3v) is 4.01. The number of nitrogens with one attached hydrogen (secondary N) is 1. The highest BCUT2D eigenvalue weighted by molar-refractivity contribution is 5.85. The van der Waals surface area contributed by atoms with Crippen molar-refractivity contribution in [3.05, 3.63) is 18.2 Å². The molecule has 1 aromatic rings. The van der Waals surface area contributed by atoms with Gasteiger partial charge in [-0.1, -0.05) is 6.92 Å². The average Bonchev–Trinajstić information content (AvgIpc) is 2.95. The Labute approximate surface area is 102 Å². The lowest BCUT2D eigenvalue weighted by molar-refractivity contribution is -0.128. The van der Waals surface area contributed by atoms with Gasteiger partial charge in [-0.15, -0.1) is 0 Å². The quantitative estimate of drug-likeness (QED) is 0.837. The van der Waals surface area contributed by atoms with E-state index in [2.05, 4.69) is 17.2 Å². The van der Waals surface area contributed by atoms with Gasteiger partial charge in [-0.2, -0.15) is 0 Å². The van der Waals surface area contributed by atoms with Gasteiger partial charge in [0.2, 0.25) is 0 Å². The topological polar surface area (TPSA) is 46.9 Å². The molecule has 0 bridgehead atoms. The van der Waals surface area contributed by atoms with E-state index in [4.69, 9.17) is 0 Å². The zero-order valence-electron chi connectivity index (χ0n) is 10.7. The minimum atomic E-state index is -0.106. The van der Waals surface area contributed by atoms with Crippen molar-refractivity contribution in [2.45, 2.75) is 32.6 Å². The molecule has 1 aliphatic heterocycles. The summed E-state index contributed by atoms with van der Waals surface area (Å²) in [6.07, 6.45) is 7.01. The molecule has 1 aromatic heterocycles. The summed E-state index contributed by atoms with van der Waals surface area (Å²) in [7, 11) is 1.97. The summed E-state index contributed by atoms with van der Waals surface area (Å²) >= 11 is 0. The summed E-state index contributed by atoms with van der Waals surface area (Å²) in [5, 5.41) is 3.31. The van der Waals surface area contributed by atoms with Gasteiger partial charge in [0.05, 0.1) is 0 Å². The minimum Gasteiger partial charge on any atom is -0.338 e. The molecule has 2 heterocycles. The maximum atomic E-state index is 12.3. The van der Waals surface area contributed by atoms with Gasteiger partial charge < -0.3 is 9.88 Å². The first kappa shape index (κ1) is 12.3. The van der Waals surface area contributed by atoms with Gasteiger partial charge in [0.15, 0.2) is 0 Å². The van der Waals surface area contributed by atoms with Gasteiger partial charge in [0.1, 0.15) is 11.6 Å². The van der Waals surface area contributed by atoms with E-state index in [1.807, 2.05) is 17.8 Å². The fourth-order valence-electron chi connectivity index (χ4n) is 2.61. The summed E-state index contributed by atoms with van der Waals surface area (Å²) in [5.41, 5.74) is -0.106. The molecule has 1 unspecified atom stereocenters. The standard InChI is InChI=1S/C13H21N3O/c1-3-13(6-7-14-10-13)11(17)4-5-12-15-8-9-16(12)2/h8-9,14H,3-7,10H2,1-2H3. The Balaban J connectivity index is 1.95. The summed E-state index contributed by atoms with van der Waals surface area (Å²) in [4.78, 5) is 16.6. The van der Waals surface area contributed by atoms with E-state index >= 15 is 0 Å². The first-order chi connectivity index (χ1) is 8.18. The molecule has 4 heteroatoms. The number of nitrogens with zero attached hydrogens (tertiary/aromatic N) is 2. The first-order valence-electron chi connectivity index (χ1n) is 6.38. The number of carbonyl (C=O) groups is 1. The first-order valence-corrected chi connectivity index (χ1v) is 6.38. The molecule has 0 spiro atoms. The van der Waals surface area contributed by atoms with Crippen molar-refractivity contribution in [3.63, 3.8) is 0 Å². The largest absolute Gasteiger partial charge is 0.338 e. The van der Waals surface area contributed by atoms with Gasteiger partial charge >= 0.3 is 0 Å². The maximum absolute atomic E-state index is 12.3. The molecule has 17 heavy (non-hydrogen) atoms. The summed E-state index contributed by atoms with van der Waals surface area (Å²) in [5.74, 6) is 1.39. The fourth-order valence-corrected chi connectivity index (χ4v) is 2.61. The fraction of sp³-hybridized carbons (Fsp3) is 0.692. The van der Waals surface area contributed by atoms with Crippen LogP contribution >= 0.6 is 0 Å². The molecule has 1 fully saturated rings. The molecule has 0 aromatic carbocycles. The molecule has 1 atom stereocenters. The van der Waals surface area contributed by atoms with Crippen molar-refractivity contribution in [2.75, 3.05) is 13.1 Å². The molecule has 1 N–H and O–H groups in total. The second-order valence-electron chi connectivity index (χ2n) is 4.94. The van der Waals surface area contributed by atoms with Crippen LogP contribution in [0.3, 0.4) is 0 Å². The summed E-state index contributed by atoms with van der Waals surface area (Å²) in [6.45, 7) is 3.94. The number of Topliss-reactive ketones (excluding diaryl/α,β-unsaturated/α-hetero) is 1. The predicted molar refractivity (Wildman–Crippen MR) is 66.7 cm³/mol. The second kappa shape index (κ2) is 5.00. The van der Waals surface area contributed by atoms with Crippen LogP contribution in [0.2, 0.25) is 0 Å². The lowest BCUT2D eigenvalue weighted by Crippen LogP contribution is -2.33. The van der Waals surface area contributed by atoms with E-state index in [0.29, 0.717) is 12.2 Å². The highest BCUT2D eigenvalue weighted by Gasteiger charge is 2.38. The molecule has 2 rings (SSSR count). The van der Waals surface area contributed by atoms with Crippen LogP contribution in [-0.2, 0) is 18.3 Å². The van der Waals surface area contributed by atoms with Crippen molar-refractivity contribution in [1.29, 1.82) is 0 Å². The second-order valence-corrected chi connectivity index (χ2v) is 4.94. The van der Waals surface area contributed by atoms with E-state index in [-0.39, 0.29) is 5.41 Å². The third-order valence-electron chi connectivity index (χ3n) is 4.01. The summed E-state index contributed by atoms with van der Waals surface area (Å²) in [6, 6.07) is 0. The van der Waals surface area contributed by atoms with Crippen molar-refractivity contribution >= 4 is 5.78 Å². The van der Waals surface area contributed by atoms with E-state index in [1.165, 1.54) is 0 Å². The third kappa shape index (κ3) is 2.41. The molecule has 0 saturated carbocycles. The highest BCUT2D eigenvalue weighted by Crippen LogP contribution is 2.31. The van der Waals surface area contributed by atoms with Gasteiger partial charge in [-0.05, 0) is 19.4 Å². The maximum Gasteiger partial charge on any atom is 0.140 e. The normalized spacial score (nSPS) is 24.1. The van der Waals surface area contributed by atoms with E-state index < -0.39 is 0 Å². The number of rotatable bonds is 5. The number of imidazole rings is 1. The zero-order valence-corrected chi connectivity index (χ0v) is 10.7. The monoisotopic (exact) mass is 235 g/mol. The molecule has 0 aliphatic carbocycles. The minimum absolute atomic E-state index is 0.106. The Hall–Kier alpha value is -1.16. The van der Waals surface area contributed by atoms with E-state index in [9.17, 15) is 4.79 Å². The Morgan fingerprint density at radius 3 is 3.00 bits per heavy atom. The van der Waals surface area contributed by atoms with Gasteiger partial charge in [-0.25, -0.2) is 4.98 Å². The molecule has 1 saturated heterocycles. The molecular formula is C13H21N3O. The van der Waals surface area contributed by atoms with Crippen LogP contribution in [0, 0.1) is 5.41 Å².